The molecule has 2 aromatic rings. The van der Waals surface area contributed by atoms with Crippen LogP contribution in [0.25, 0.3) is 0 Å². The molecule has 0 saturated heterocycles. The normalized spacial score (nSPS) is 17.7. The second kappa shape index (κ2) is 5.13. The van der Waals surface area contributed by atoms with Gasteiger partial charge in [-0.1, -0.05) is 12.1 Å². The number of nitrogens with zero attached hydrogens (tertiary/aromatic N) is 2. The molecule has 1 N–H and O–H groups in total. The summed E-state index contributed by atoms with van der Waals surface area (Å²) >= 11 is 0. The summed E-state index contributed by atoms with van der Waals surface area (Å²) in [5, 5.41) is 7.67. The molecule has 1 aromatic carbocycles. The molecule has 0 radical (unpaired) electrons. The molecule has 3 nitrogen and oxygen atoms in total. The molecule has 100 valence electrons. The predicted octanol–water partition coefficient (Wildman–Crippen LogP) is 2.38. The molecule has 0 amide bonds. The van der Waals surface area contributed by atoms with Gasteiger partial charge in [-0.05, 0) is 48.6 Å². The predicted molar refractivity (Wildman–Crippen MR) is 72.4 cm³/mol. The standard InChI is InChI=1S/C15H18FN3/c1-19-10-11(9-18-19)7-8-17-15-6-5-12-13(15)3-2-4-14(12)16/h2-4,9-10,15,17H,5-8H2,1H3. The lowest BCUT2D eigenvalue weighted by Crippen LogP contribution is -2.21. The highest BCUT2D eigenvalue weighted by atomic mass is 19.1. The van der Waals surface area contributed by atoms with Crippen molar-refractivity contribution in [3.05, 3.63) is 53.1 Å². The van der Waals surface area contributed by atoms with Crippen LogP contribution in [0.4, 0.5) is 4.39 Å². The van der Waals surface area contributed by atoms with Crippen LogP contribution in [0.2, 0.25) is 0 Å². The summed E-state index contributed by atoms with van der Waals surface area (Å²) in [4.78, 5) is 0. The van der Waals surface area contributed by atoms with Crippen molar-refractivity contribution >= 4 is 0 Å². The van der Waals surface area contributed by atoms with E-state index in [1.165, 1.54) is 5.56 Å². The Labute approximate surface area is 112 Å². The third-order valence-corrected chi connectivity index (χ3v) is 3.78. The van der Waals surface area contributed by atoms with Gasteiger partial charge in [-0.2, -0.15) is 5.10 Å². The van der Waals surface area contributed by atoms with Crippen molar-refractivity contribution in [1.82, 2.24) is 15.1 Å². The average Bonchev–Trinajstić information content (AvgIpc) is 2.98. The summed E-state index contributed by atoms with van der Waals surface area (Å²) in [7, 11) is 1.92. The lowest BCUT2D eigenvalue weighted by atomic mass is 10.1. The van der Waals surface area contributed by atoms with E-state index in [0.717, 1.165) is 36.9 Å². The van der Waals surface area contributed by atoms with E-state index in [-0.39, 0.29) is 5.82 Å². The number of halogens is 1. The van der Waals surface area contributed by atoms with Crippen molar-refractivity contribution in [2.75, 3.05) is 6.54 Å². The molecule has 0 spiro atoms. The Morgan fingerprint density at radius 3 is 3.16 bits per heavy atom. The van der Waals surface area contributed by atoms with E-state index in [4.69, 9.17) is 0 Å². The summed E-state index contributed by atoms with van der Waals surface area (Å²) in [6.07, 6.45) is 6.71. The minimum atomic E-state index is -0.0611. The van der Waals surface area contributed by atoms with Crippen molar-refractivity contribution in [3.63, 3.8) is 0 Å². The molecule has 1 heterocycles. The van der Waals surface area contributed by atoms with Crippen molar-refractivity contribution in [2.45, 2.75) is 25.3 Å². The molecule has 0 saturated carbocycles. The van der Waals surface area contributed by atoms with Crippen LogP contribution in [0, 0.1) is 5.82 Å². The molecule has 1 unspecified atom stereocenters. The van der Waals surface area contributed by atoms with Crippen LogP contribution < -0.4 is 5.32 Å². The first-order valence-corrected chi connectivity index (χ1v) is 6.72. The molecule has 0 aliphatic heterocycles. The summed E-state index contributed by atoms with van der Waals surface area (Å²) in [6, 6.07) is 5.68. The summed E-state index contributed by atoms with van der Waals surface area (Å²) in [6.45, 7) is 0.895. The Hall–Kier alpha value is -1.68. The second-order valence-electron chi connectivity index (χ2n) is 5.13. The Bertz CT molecular complexity index is 577. The van der Waals surface area contributed by atoms with Gasteiger partial charge in [0.2, 0.25) is 0 Å². The molecule has 1 aliphatic rings. The molecule has 0 fully saturated rings. The number of fused-ring (bicyclic) bond motifs is 1. The first kappa shape index (κ1) is 12.4. The van der Waals surface area contributed by atoms with Crippen LogP contribution >= 0.6 is 0 Å². The Morgan fingerprint density at radius 2 is 2.37 bits per heavy atom. The first-order valence-electron chi connectivity index (χ1n) is 6.72. The van der Waals surface area contributed by atoms with Gasteiger partial charge in [0.25, 0.3) is 0 Å². The fraction of sp³-hybridized carbons (Fsp3) is 0.400. The van der Waals surface area contributed by atoms with E-state index in [9.17, 15) is 4.39 Å². The summed E-state index contributed by atoms with van der Waals surface area (Å²) in [5.74, 6) is -0.0611. The van der Waals surface area contributed by atoms with Crippen LogP contribution in [0.1, 0.15) is 29.2 Å². The van der Waals surface area contributed by atoms with Gasteiger partial charge in [0.1, 0.15) is 5.82 Å². The molecule has 4 heteroatoms. The van der Waals surface area contributed by atoms with Gasteiger partial charge in [-0.25, -0.2) is 4.39 Å². The second-order valence-corrected chi connectivity index (χ2v) is 5.13. The zero-order valence-corrected chi connectivity index (χ0v) is 11.1. The zero-order chi connectivity index (χ0) is 13.2. The van der Waals surface area contributed by atoms with Gasteiger partial charge in [0.05, 0.1) is 6.20 Å². The third-order valence-electron chi connectivity index (χ3n) is 3.78. The van der Waals surface area contributed by atoms with E-state index in [0.29, 0.717) is 6.04 Å². The first-order chi connectivity index (χ1) is 9.24. The van der Waals surface area contributed by atoms with Gasteiger partial charge in [0, 0.05) is 19.3 Å². The fourth-order valence-electron chi connectivity index (χ4n) is 2.81. The van der Waals surface area contributed by atoms with Crippen LogP contribution in [0.15, 0.2) is 30.6 Å². The van der Waals surface area contributed by atoms with Gasteiger partial charge in [0.15, 0.2) is 0 Å². The summed E-state index contributed by atoms with van der Waals surface area (Å²) in [5.41, 5.74) is 3.25. The average molecular weight is 259 g/mol. The Kier molecular flexibility index (Phi) is 3.34. The van der Waals surface area contributed by atoms with Crippen LogP contribution in [-0.4, -0.2) is 16.3 Å². The van der Waals surface area contributed by atoms with Gasteiger partial charge >= 0.3 is 0 Å². The maximum absolute atomic E-state index is 13.6. The maximum Gasteiger partial charge on any atom is 0.126 e. The Balaban J connectivity index is 1.59. The number of hydrogen-bond donors (Lipinski definition) is 1. The smallest absolute Gasteiger partial charge is 0.126 e. The van der Waals surface area contributed by atoms with Gasteiger partial charge in [-0.15, -0.1) is 0 Å². The van der Waals surface area contributed by atoms with Crippen molar-refractivity contribution < 1.29 is 4.39 Å². The molecule has 0 bridgehead atoms. The quantitative estimate of drug-likeness (QED) is 0.913. The molecule has 1 aromatic heterocycles. The highest BCUT2D eigenvalue weighted by Crippen LogP contribution is 2.32. The fourth-order valence-corrected chi connectivity index (χ4v) is 2.81. The SMILES string of the molecule is Cn1cc(CCNC2CCc3c(F)cccc32)cn1. The number of rotatable bonds is 4. The Morgan fingerprint density at radius 1 is 1.47 bits per heavy atom. The van der Waals surface area contributed by atoms with Crippen molar-refractivity contribution in [2.24, 2.45) is 7.05 Å². The molecule has 3 rings (SSSR count). The topological polar surface area (TPSA) is 29.9 Å². The lowest BCUT2D eigenvalue weighted by Gasteiger charge is -2.13. The van der Waals surface area contributed by atoms with E-state index in [2.05, 4.69) is 10.4 Å². The van der Waals surface area contributed by atoms with Gasteiger partial charge < -0.3 is 5.32 Å². The van der Waals surface area contributed by atoms with Crippen molar-refractivity contribution in [1.29, 1.82) is 0 Å². The van der Waals surface area contributed by atoms with E-state index >= 15 is 0 Å². The van der Waals surface area contributed by atoms with E-state index in [1.807, 2.05) is 30.2 Å². The van der Waals surface area contributed by atoms with E-state index in [1.54, 1.807) is 12.1 Å². The monoisotopic (exact) mass is 259 g/mol. The lowest BCUT2D eigenvalue weighted by molar-refractivity contribution is 0.533. The minimum absolute atomic E-state index is 0.0611. The van der Waals surface area contributed by atoms with E-state index < -0.39 is 0 Å². The molecule has 1 atom stereocenters. The molecular weight excluding hydrogens is 241 g/mol. The highest BCUT2D eigenvalue weighted by Gasteiger charge is 2.23. The number of benzene rings is 1. The van der Waals surface area contributed by atoms with Crippen LogP contribution in [0.5, 0.6) is 0 Å². The van der Waals surface area contributed by atoms with Crippen molar-refractivity contribution in [3.8, 4) is 0 Å². The number of aromatic nitrogens is 2. The number of hydrogen-bond acceptors (Lipinski definition) is 2. The zero-order valence-electron chi connectivity index (χ0n) is 11.1. The van der Waals surface area contributed by atoms with Crippen LogP contribution in [0.3, 0.4) is 0 Å². The highest BCUT2D eigenvalue weighted by molar-refractivity contribution is 5.35. The number of nitrogens with one attached hydrogen (secondary N) is 1. The largest absolute Gasteiger partial charge is 0.310 e. The molecule has 1 aliphatic carbocycles. The minimum Gasteiger partial charge on any atom is -0.310 e. The van der Waals surface area contributed by atoms with Gasteiger partial charge in [-0.3, -0.25) is 4.68 Å². The maximum atomic E-state index is 13.6. The molecular formula is C15H18FN3. The van der Waals surface area contributed by atoms with Crippen LogP contribution in [-0.2, 0) is 19.9 Å². The molecule has 19 heavy (non-hydrogen) atoms. The third kappa shape index (κ3) is 2.54. The number of aryl methyl sites for hydroxylation is 1. The summed E-state index contributed by atoms with van der Waals surface area (Å²) < 4.78 is 15.4.